The van der Waals surface area contributed by atoms with Crippen LogP contribution >= 0.6 is 0 Å². The minimum Gasteiger partial charge on any atom is -0.491 e. The Morgan fingerprint density at radius 2 is 1.92 bits per heavy atom. The molecule has 0 aromatic heterocycles. The van der Waals surface area contributed by atoms with Crippen LogP contribution in [-0.2, 0) is 11.2 Å². The summed E-state index contributed by atoms with van der Waals surface area (Å²) in [6, 6.07) is 8.34. The number of hydrogen-bond donors (Lipinski definition) is 2. The number of nitrogens with one attached hydrogen (secondary N) is 2. The minimum atomic E-state index is 0.208. The first kappa shape index (κ1) is 20.6. The second-order valence-corrected chi connectivity index (χ2v) is 7.51. The van der Waals surface area contributed by atoms with E-state index in [1.54, 1.807) is 7.11 Å². The zero-order valence-electron chi connectivity index (χ0n) is 16.8. The van der Waals surface area contributed by atoms with Crippen LogP contribution < -0.4 is 15.4 Å². The van der Waals surface area contributed by atoms with Crippen LogP contribution in [0.25, 0.3) is 0 Å². The maximum Gasteiger partial charge on any atom is 0.191 e. The molecule has 5 heteroatoms. The van der Waals surface area contributed by atoms with E-state index in [0.717, 1.165) is 44.2 Å². The fraction of sp³-hybridized carbons (Fsp3) is 0.667. The molecule has 0 radical (unpaired) electrons. The lowest BCUT2D eigenvalue weighted by atomic mass is 9.67. The first-order valence-corrected chi connectivity index (χ1v) is 9.76. The van der Waals surface area contributed by atoms with Crippen molar-refractivity contribution in [2.24, 2.45) is 10.4 Å². The third-order valence-corrected chi connectivity index (χ3v) is 5.11. The van der Waals surface area contributed by atoms with Gasteiger partial charge in [0.2, 0.25) is 0 Å². The molecule has 26 heavy (non-hydrogen) atoms. The lowest BCUT2D eigenvalue weighted by Crippen LogP contribution is -2.47. The summed E-state index contributed by atoms with van der Waals surface area (Å²) in [6.45, 7) is 6.75. The van der Waals surface area contributed by atoms with Gasteiger partial charge >= 0.3 is 0 Å². The van der Waals surface area contributed by atoms with E-state index in [-0.39, 0.29) is 6.10 Å². The molecule has 1 aromatic rings. The van der Waals surface area contributed by atoms with Crippen molar-refractivity contribution >= 4 is 5.96 Å². The number of aliphatic imine (C=N–C) groups is 1. The van der Waals surface area contributed by atoms with Gasteiger partial charge in [-0.2, -0.15) is 0 Å². The first-order valence-electron chi connectivity index (χ1n) is 9.76. The van der Waals surface area contributed by atoms with Gasteiger partial charge < -0.3 is 20.1 Å². The molecule has 2 rings (SSSR count). The van der Waals surface area contributed by atoms with Crippen molar-refractivity contribution in [1.29, 1.82) is 0 Å². The van der Waals surface area contributed by atoms with Gasteiger partial charge in [-0.3, -0.25) is 4.99 Å². The van der Waals surface area contributed by atoms with Crippen molar-refractivity contribution in [3.8, 4) is 5.75 Å². The summed E-state index contributed by atoms with van der Waals surface area (Å²) < 4.78 is 11.0. The summed E-state index contributed by atoms with van der Waals surface area (Å²) in [6.07, 6.45) is 6.18. The Morgan fingerprint density at radius 1 is 1.19 bits per heavy atom. The number of nitrogens with zero attached hydrogens (tertiary/aromatic N) is 1. The van der Waals surface area contributed by atoms with Crippen LogP contribution in [0.5, 0.6) is 5.75 Å². The maximum atomic E-state index is 5.68. The van der Waals surface area contributed by atoms with E-state index in [9.17, 15) is 0 Å². The highest BCUT2D eigenvalue weighted by atomic mass is 16.5. The van der Waals surface area contributed by atoms with Crippen LogP contribution in [-0.4, -0.2) is 45.9 Å². The van der Waals surface area contributed by atoms with Gasteiger partial charge in [-0.25, -0.2) is 0 Å². The third-order valence-electron chi connectivity index (χ3n) is 5.11. The Bertz CT molecular complexity index is 551. The zero-order chi connectivity index (χ0) is 18.8. The number of ether oxygens (including phenoxy) is 2. The Kier molecular flexibility index (Phi) is 8.23. The topological polar surface area (TPSA) is 54.9 Å². The van der Waals surface area contributed by atoms with Crippen LogP contribution in [0, 0.1) is 5.41 Å². The molecule has 1 aliphatic rings. The van der Waals surface area contributed by atoms with Gasteiger partial charge in [0.15, 0.2) is 5.96 Å². The summed E-state index contributed by atoms with van der Waals surface area (Å²) in [4.78, 5) is 4.35. The van der Waals surface area contributed by atoms with Crippen molar-refractivity contribution in [3.05, 3.63) is 29.8 Å². The van der Waals surface area contributed by atoms with Gasteiger partial charge in [0, 0.05) is 33.9 Å². The summed E-state index contributed by atoms with van der Waals surface area (Å²) in [7, 11) is 3.61. The van der Waals surface area contributed by atoms with E-state index in [4.69, 9.17) is 9.47 Å². The Balaban J connectivity index is 1.71. The quantitative estimate of drug-likeness (QED) is 0.495. The molecule has 146 valence electrons. The lowest BCUT2D eigenvalue weighted by Gasteiger charge is -2.42. The van der Waals surface area contributed by atoms with Gasteiger partial charge in [-0.15, -0.1) is 0 Å². The minimum absolute atomic E-state index is 0.208. The highest BCUT2D eigenvalue weighted by molar-refractivity contribution is 5.79. The molecule has 0 saturated heterocycles. The van der Waals surface area contributed by atoms with Crippen LogP contribution in [0.1, 0.15) is 45.1 Å². The molecule has 5 nitrogen and oxygen atoms in total. The smallest absolute Gasteiger partial charge is 0.191 e. The molecular weight excluding hydrogens is 326 g/mol. The predicted molar refractivity (Wildman–Crippen MR) is 108 cm³/mol. The zero-order valence-corrected chi connectivity index (χ0v) is 16.8. The molecular formula is C21H35N3O2. The average Bonchev–Trinajstić information content (AvgIpc) is 2.60. The lowest BCUT2D eigenvalue weighted by molar-refractivity contribution is 0.0732. The second kappa shape index (κ2) is 10.4. The highest BCUT2D eigenvalue weighted by Crippen LogP contribution is 2.43. The van der Waals surface area contributed by atoms with E-state index >= 15 is 0 Å². The molecule has 2 N–H and O–H groups in total. The molecule has 0 amide bonds. The number of rotatable bonds is 10. The van der Waals surface area contributed by atoms with Gasteiger partial charge in [0.05, 0.1) is 6.10 Å². The van der Waals surface area contributed by atoms with E-state index in [2.05, 4.69) is 27.8 Å². The van der Waals surface area contributed by atoms with E-state index < -0.39 is 0 Å². The van der Waals surface area contributed by atoms with Crippen molar-refractivity contribution in [1.82, 2.24) is 10.6 Å². The third kappa shape index (κ3) is 6.52. The predicted octanol–water partition coefficient (Wildman–Crippen LogP) is 3.39. The van der Waals surface area contributed by atoms with Gasteiger partial charge in [-0.05, 0) is 62.6 Å². The summed E-state index contributed by atoms with van der Waals surface area (Å²) in [5.41, 5.74) is 1.68. The molecule has 0 atom stereocenters. The number of methoxy groups -OCH3 is 1. The average molecular weight is 362 g/mol. The van der Waals surface area contributed by atoms with Gasteiger partial charge in [0.25, 0.3) is 0 Å². The summed E-state index contributed by atoms with van der Waals surface area (Å²) >= 11 is 0. The summed E-state index contributed by atoms with van der Waals surface area (Å²) in [5.74, 6) is 1.81. The van der Waals surface area contributed by atoms with Crippen LogP contribution in [0.15, 0.2) is 29.3 Å². The van der Waals surface area contributed by atoms with Crippen molar-refractivity contribution in [2.45, 2.75) is 52.1 Å². The Labute approximate surface area is 158 Å². The molecule has 1 aromatic carbocycles. The largest absolute Gasteiger partial charge is 0.491 e. The fourth-order valence-electron chi connectivity index (χ4n) is 3.33. The molecule has 0 spiro atoms. The SMILES string of the molecule is CN=C(NCCc1ccc(OC(C)C)cc1)NCC1(CCOC)CCC1. The number of benzene rings is 1. The summed E-state index contributed by atoms with van der Waals surface area (Å²) in [5, 5.41) is 6.92. The van der Waals surface area contributed by atoms with E-state index in [1.807, 2.05) is 33.0 Å². The van der Waals surface area contributed by atoms with Crippen LogP contribution in [0.2, 0.25) is 0 Å². The molecule has 0 aliphatic heterocycles. The van der Waals surface area contributed by atoms with Crippen LogP contribution in [0.3, 0.4) is 0 Å². The fourth-order valence-corrected chi connectivity index (χ4v) is 3.33. The molecule has 0 heterocycles. The van der Waals surface area contributed by atoms with Gasteiger partial charge in [0.1, 0.15) is 5.75 Å². The highest BCUT2D eigenvalue weighted by Gasteiger charge is 2.36. The Hall–Kier alpha value is -1.75. The van der Waals surface area contributed by atoms with Crippen molar-refractivity contribution in [3.63, 3.8) is 0 Å². The second-order valence-electron chi connectivity index (χ2n) is 7.51. The van der Waals surface area contributed by atoms with Crippen molar-refractivity contribution < 1.29 is 9.47 Å². The van der Waals surface area contributed by atoms with Gasteiger partial charge in [-0.1, -0.05) is 18.6 Å². The maximum absolute atomic E-state index is 5.68. The van der Waals surface area contributed by atoms with E-state index in [0.29, 0.717) is 5.41 Å². The monoisotopic (exact) mass is 361 g/mol. The number of guanidine groups is 1. The number of hydrogen-bond acceptors (Lipinski definition) is 3. The molecule has 0 bridgehead atoms. The van der Waals surface area contributed by atoms with E-state index in [1.165, 1.54) is 24.8 Å². The molecule has 1 fully saturated rings. The molecule has 1 aliphatic carbocycles. The Morgan fingerprint density at radius 3 is 2.46 bits per heavy atom. The molecule has 0 unspecified atom stereocenters. The molecule has 1 saturated carbocycles. The van der Waals surface area contributed by atoms with Crippen molar-refractivity contribution in [2.75, 3.05) is 33.9 Å². The standard InChI is InChI=1S/C21H35N3O2/c1-17(2)26-19-8-6-18(7-9-19)10-14-23-20(22-3)24-16-21(11-5-12-21)13-15-25-4/h6-9,17H,5,10-16H2,1-4H3,(H2,22,23,24). The van der Waals surface area contributed by atoms with Crippen LogP contribution in [0.4, 0.5) is 0 Å². The first-order chi connectivity index (χ1) is 12.6. The normalized spacial score (nSPS) is 16.3.